The maximum Gasteiger partial charge on any atom is 0.269 e. The molecule has 30 nitrogen and oxygen atoms in total. The average Bonchev–Trinajstić information content (AvgIpc) is 2.51. The van der Waals surface area contributed by atoms with Crippen LogP contribution in [0.3, 0.4) is 0 Å². The minimum atomic E-state index is -5.35. The van der Waals surface area contributed by atoms with Gasteiger partial charge in [-0.05, 0) is 33.4 Å². The van der Waals surface area contributed by atoms with Gasteiger partial charge in [0.2, 0.25) is 0 Å². The zero-order valence-corrected chi connectivity index (χ0v) is 28.2. The van der Waals surface area contributed by atoms with Crippen molar-refractivity contribution in [3.63, 3.8) is 0 Å². The molecule has 0 unspecified atom stereocenters. The summed E-state index contributed by atoms with van der Waals surface area (Å²) in [4.78, 5) is 0. The Labute approximate surface area is 271 Å². The molecule has 30 N–H and O–H groups in total. The van der Waals surface area contributed by atoms with Crippen LogP contribution in [0.4, 0.5) is 0 Å². The summed E-state index contributed by atoms with van der Waals surface area (Å²) in [6, 6.07) is 0. The molecule has 0 atom stereocenters. The third-order valence-electron chi connectivity index (χ3n) is 4.15. The minimum absolute atomic E-state index is 0. The molecule has 1 aromatic rings. The van der Waals surface area contributed by atoms with Crippen molar-refractivity contribution in [2.24, 2.45) is 0 Å². The second kappa shape index (κ2) is 26.1. The molecule has 0 aliphatic heterocycles. The monoisotopic (exact) mass is 858 g/mol. The normalized spacial score (nSPS) is 10.6. The molecule has 36 heteroatoms. The topological polar surface area (TPSA) is 704 Å². The quantitative estimate of drug-likeness (QED) is 0.106. The van der Waals surface area contributed by atoms with E-state index in [-0.39, 0.29) is 65.7 Å². The Bertz CT molecular complexity index is 1350. The minimum Gasteiger partial charge on any atom is -0.412 e. The first-order valence-electron chi connectivity index (χ1n) is 8.45. The molecule has 0 aliphatic rings. The molecule has 306 valence electrons. The van der Waals surface area contributed by atoms with Crippen LogP contribution in [-0.4, -0.2) is 144 Å². The van der Waals surface area contributed by atoms with E-state index >= 15 is 0 Å². The lowest BCUT2D eigenvalue weighted by Crippen LogP contribution is -2.24. The van der Waals surface area contributed by atoms with Crippen LogP contribution in [0.2, 0.25) is 0 Å². The third-order valence-corrected chi connectivity index (χ3v) is 8.07. The van der Waals surface area contributed by atoms with Gasteiger partial charge < -0.3 is 65.7 Å². The Balaban J connectivity index is -0.000000108. The van der Waals surface area contributed by atoms with Gasteiger partial charge in [-0.3, -0.25) is 27.3 Å². The molecule has 0 amide bonds. The largest absolute Gasteiger partial charge is 0.412 e. The highest BCUT2D eigenvalue weighted by molar-refractivity contribution is 7.86. The van der Waals surface area contributed by atoms with Gasteiger partial charge in [-0.15, -0.1) is 0 Å². The average molecular weight is 859 g/mol. The van der Waals surface area contributed by atoms with E-state index in [0.29, 0.717) is 0 Å². The Hall–Kier alpha value is -1.80. The predicted octanol–water partition coefficient (Wildman–Crippen LogP) is -11.9. The first kappa shape index (κ1) is 80.7. The Morgan fingerprint density at radius 1 is 0.229 bits per heavy atom. The molecule has 0 saturated heterocycles. The van der Waals surface area contributed by atoms with Gasteiger partial charge in [0.15, 0.2) is 0 Å². The zero-order valence-electron chi connectivity index (χ0n) is 23.3. The van der Waals surface area contributed by atoms with Crippen LogP contribution < -0.4 is 0 Å². The second-order valence-corrected chi connectivity index (χ2v) is 15.9. The third kappa shape index (κ3) is 30.3. The second-order valence-electron chi connectivity index (χ2n) is 7.23. The molecule has 0 fully saturated rings. The van der Waals surface area contributed by atoms with Crippen LogP contribution in [0.25, 0.3) is 0 Å². The van der Waals surface area contributed by atoms with E-state index in [9.17, 15) is 77.8 Å². The van der Waals surface area contributed by atoms with Gasteiger partial charge in [-0.1, -0.05) is 0 Å². The van der Waals surface area contributed by atoms with Gasteiger partial charge >= 0.3 is 0 Å². The van der Waals surface area contributed by atoms with E-state index < -0.39 is 129 Å². The van der Waals surface area contributed by atoms with Crippen molar-refractivity contribution in [1.29, 1.82) is 0 Å². The van der Waals surface area contributed by atoms with Crippen LogP contribution in [-0.2, 0) is 95.2 Å². The van der Waals surface area contributed by atoms with Gasteiger partial charge in [0.25, 0.3) is 60.7 Å². The van der Waals surface area contributed by atoms with Gasteiger partial charge in [-0.2, -0.15) is 50.5 Å². The van der Waals surface area contributed by atoms with Gasteiger partial charge in [0.1, 0.15) is 34.5 Å². The number of hydrogen-bond donors (Lipinski definition) is 6. The Morgan fingerprint density at radius 3 is 0.333 bits per heavy atom. The highest BCUT2D eigenvalue weighted by Crippen LogP contribution is 2.35. The molecule has 0 heterocycles. The summed E-state index contributed by atoms with van der Waals surface area (Å²) in [5.74, 6) is -11.0. The first-order valence-corrected chi connectivity index (χ1v) is 18.1. The van der Waals surface area contributed by atoms with Crippen molar-refractivity contribution < 1.29 is 144 Å². The first-order chi connectivity index (χ1) is 15.6. The molecule has 1 rings (SSSR count). The van der Waals surface area contributed by atoms with E-state index in [2.05, 4.69) is 0 Å². The van der Waals surface area contributed by atoms with Crippen molar-refractivity contribution in [3.8, 4) is 0 Å². The molecular weight excluding hydrogens is 817 g/mol. The Morgan fingerprint density at radius 2 is 0.292 bits per heavy atom. The van der Waals surface area contributed by atoms with Crippen LogP contribution in [0.1, 0.15) is 33.4 Å². The molecule has 48 heavy (non-hydrogen) atoms. The van der Waals surface area contributed by atoms with E-state index in [1.165, 1.54) is 0 Å². The molecule has 0 spiro atoms. The standard InChI is InChI=1S/C12H18O18S6.12H2O/c13-31(14,15)1-7-8(2-32(16,17)18)10(4-34(22,23)24)12(6-36(28,29)30)11(5-35(25,26)27)9(7)3-33(19,20)21;;;;;;;;;;;;/h1-6H2,(H,13,14,15)(H,16,17,18)(H,19,20,21)(H,22,23,24)(H,25,26,27)(H,28,29,30);12*1H2. The fourth-order valence-electron chi connectivity index (χ4n) is 3.23. The van der Waals surface area contributed by atoms with Crippen molar-refractivity contribution in [2.75, 3.05) is 0 Å². The van der Waals surface area contributed by atoms with Gasteiger partial charge in [-0.25, -0.2) is 0 Å². The van der Waals surface area contributed by atoms with E-state index in [1.54, 1.807) is 0 Å². The summed E-state index contributed by atoms with van der Waals surface area (Å²) >= 11 is 0. The van der Waals surface area contributed by atoms with Crippen molar-refractivity contribution in [3.05, 3.63) is 33.4 Å². The summed E-state index contributed by atoms with van der Waals surface area (Å²) in [7, 11) is -32.1. The Kier molecular flexibility index (Phi) is 43.8. The maximum absolute atomic E-state index is 11.6. The summed E-state index contributed by atoms with van der Waals surface area (Å²) in [6.45, 7) is 0. The van der Waals surface area contributed by atoms with Crippen molar-refractivity contribution >= 4 is 60.7 Å². The summed E-state index contributed by atoms with van der Waals surface area (Å²) < 4.78 is 195. The maximum atomic E-state index is 11.6. The lowest BCUT2D eigenvalue weighted by Gasteiger charge is -2.25. The highest BCUT2D eigenvalue weighted by atomic mass is 32.2. The molecule has 0 bridgehead atoms. The predicted molar refractivity (Wildman–Crippen MR) is 161 cm³/mol. The number of rotatable bonds is 12. The van der Waals surface area contributed by atoms with Crippen molar-refractivity contribution in [2.45, 2.75) is 34.5 Å². The molecule has 1 aromatic carbocycles. The smallest absolute Gasteiger partial charge is 0.269 e. The fourth-order valence-corrected chi connectivity index (χ4v) is 7.51. The molecule has 0 saturated carbocycles. The summed E-state index contributed by atoms with van der Waals surface area (Å²) in [6.07, 6.45) is 0. The molecule has 0 aromatic heterocycles. The lowest BCUT2D eigenvalue weighted by molar-refractivity contribution is 0.472. The van der Waals surface area contributed by atoms with Crippen molar-refractivity contribution in [1.82, 2.24) is 0 Å². The summed E-state index contributed by atoms with van der Waals surface area (Å²) in [5, 5.41) is 0. The van der Waals surface area contributed by atoms with Crippen LogP contribution in [0.5, 0.6) is 0 Å². The highest BCUT2D eigenvalue weighted by Gasteiger charge is 2.34. The van der Waals surface area contributed by atoms with Gasteiger partial charge in [0.05, 0.1) is 0 Å². The van der Waals surface area contributed by atoms with E-state index in [1.807, 2.05) is 0 Å². The van der Waals surface area contributed by atoms with Crippen LogP contribution in [0.15, 0.2) is 0 Å². The molecule has 0 radical (unpaired) electrons. The fraction of sp³-hybridized carbons (Fsp3) is 0.500. The van der Waals surface area contributed by atoms with Gasteiger partial charge in [0, 0.05) is 0 Å². The molecular formula is C12H42O30S6. The zero-order chi connectivity index (χ0) is 28.7. The lowest BCUT2D eigenvalue weighted by atomic mass is 9.90. The molecule has 0 aliphatic carbocycles. The SMILES string of the molecule is O.O.O.O.O.O.O.O.O.O.O.O.O=S(=O)(O)Cc1c(CS(=O)(=O)O)c(CS(=O)(=O)O)c(CS(=O)(=O)O)c(CS(=O)(=O)O)c1CS(=O)(=O)O. The van der Waals surface area contributed by atoms with Crippen LogP contribution in [0, 0.1) is 0 Å². The summed E-state index contributed by atoms with van der Waals surface area (Å²) in [5.41, 5.74) is -7.48. The van der Waals surface area contributed by atoms with Crippen LogP contribution >= 0.6 is 0 Å². The van der Waals surface area contributed by atoms with E-state index in [0.717, 1.165) is 0 Å². The number of benzene rings is 1. The van der Waals surface area contributed by atoms with E-state index in [4.69, 9.17) is 0 Å². The number of hydrogen-bond acceptors (Lipinski definition) is 12.